The molecular formula is C14H28O5Si. The summed E-state index contributed by atoms with van der Waals surface area (Å²) in [5.41, 5.74) is 0. The lowest BCUT2D eigenvalue weighted by molar-refractivity contribution is -0.217. The van der Waals surface area contributed by atoms with E-state index >= 15 is 0 Å². The minimum absolute atomic E-state index is 0.0839. The van der Waals surface area contributed by atoms with Crippen LogP contribution in [-0.4, -0.2) is 50.4 Å². The molecule has 1 N–H and O–H groups in total. The van der Waals surface area contributed by atoms with E-state index in [4.69, 9.17) is 18.6 Å². The highest BCUT2D eigenvalue weighted by atomic mass is 28.4. The molecule has 0 saturated carbocycles. The van der Waals surface area contributed by atoms with E-state index in [-0.39, 0.29) is 30.0 Å². The molecule has 5 nitrogen and oxygen atoms in total. The molecule has 2 aliphatic rings. The van der Waals surface area contributed by atoms with Crippen molar-refractivity contribution in [1.82, 2.24) is 0 Å². The molecule has 0 aromatic heterocycles. The van der Waals surface area contributed by atoms with Crippen LogP contribution < -0.4 is 0 Å². The SMILES string of the molecule is CC1(C)O[C@@H]2O[C@@H](CO)[C@H](O[Si](C)(C)C(C)(C)C)[C@@H]2O1. The van der Waals surface area contributed by atoms with Gasteiger partial charge in [0.15, 0.2) is 20.4 Å². The van der Waals surface area contributed by atoms with Gasteiger partial charge in [0, 0.05) is 0 Å². The Morgan fingerprint density at radius 3 is 2.30 bits per heavy atom. The Bertz CT molecular complexity index is 363. The smallest absolute Gasteiger partial charge is 0.192 e. The van der Waals surface area contributed by atoms with Gasteiger partial charge in [-0.1, -0.05) is 20.8 Å². The van der Waals surface area contributed by atoms with E-state index < -0.39 is 20.4 Å². The lowest BCUT2D eigenvalue weighted by Gasteiger charge is -2.40. The van der Waals surface area contributed by atoms with Gasteiger partial charge >= 0.3 is 0 Å². The Kier molecular flexibility index (Phi) is 4.13. The lowest BCUT2D eigenvalue weighted by Crippen LogP contribution is -2.50. The third-order valence-electron chi connectivity index (χ3n) is 4.50. The molecule has 20 heavy (non-hydrogen) atoms. The molecule has 2 rings (SSSR count). The molecule has 6 heteroatoms. The number of ether oxygens (including phenoxy) is 3. The number of fused-ring (bicyclic) bond motifs is 1. The van der Waals surface area contributed by atoms with Crippen molar-refractivity contribution in [1.29, 1.82) is 0 Å². The van der Waals surface area contributed by atoms with Gasteiger partial charge in [0.25, 0.3) is 0 Å². The second-order valence-corrected chi connectivity index (χ2v) is 12.4. The van der Waals surface area contributed by atoms with Gasteiger partial charge in [-0.25, -0.2) is 0 Å². The van der Waals surface area contributed by atoms with Crippen molar-refractivity contribution >= 4 is 8.32 Å². The van der Waals surface area contributed by atoms with E-state index in [0.29, 0.717) is 0 Å². The van der Waals surface area contributed by atoms with Gasteiger partial charge in [-0.15, -0.1) is 0 Å². The quantitative estimate of drug-likeness (QED) is 0.810. The van der Waals surface area contributed by atoms with E-state index in [1.54, 1.807) is 0 Å². The van der Waals surface area contributed by atoms with Crippen molar-refractivity contribution in [3.63, 3.8) is 0 Å². The summed E-state index contributed by atoms with van der Waals surface area (Å²) in [6.07, 6.45) is -1.36. The average Bonchev–Trinajstić information content (AvgIpc) is 2.70. The minimum Gasteiger partial charge on any atom is -0.408 e. The van der Waals surface area contributed by atoms with Crippen molar-refractivity contribution in [2.75, 3.05) is 6.61 Å². The minimum atomic E-state index is -1.96. The Morgan fingerprint density at radius 1 is 1.20 bits per heavy atom. The number of aliphatic hydroxyl groups excluding tert-OH is 1. The summed E-state index contributed by atoms with van der Waals surface area (Å²) < 4.78 is 23.8. The average molecular weight is 304 g/mol. The fourth-order valence-electron chi connectivity index (χ4n) is 2.35. The molecule has 2 heterocycles. The number of rotatable bonds is 3. The Morgan fingerprint density at radius 2 is 1.80 bits per heavy atom. The van der Waals surface area contributed by atoms with Gasteiger partial charge in [-0.3, -0.25) is 0 Å². The fourth-order valence-corrected chi connectivity index (χ4v) is 3.67. The van der Waals surface area contributed by atoms with Crippen LogP contribution in [0.4, 0.5) is 0 Å². The Labute approximate surface area is 122 Å². The maximum Gasteiger partial charge on any atom is 0.192 e. The third kappa shape index (κ3) is 2.96. The highest BCUT2D eigenvalue weighted by Crippen LogP contribution is 2.43. The van der Waals surface area contributed by atoms with E-state index in [9.17, 15) is 5.11 Å². The van der Waals surface area contributed by atoms with Crippen LogP contribution in [0.5, 0.6) is 0 Å². The maximum atomic E-state index is 9.52. The summed E-state index contributed by atoms with van der Waals surface area (Å²) in [6.45, 7) is 14.6. The van der Waals surface area contributed by atoms with Crippen LogP contribution in [0.25, 0.3) is 0 Å². The number of aliphatic hydroxyl groups is 1. The summed E-state index contributed by atoms with van der Waals surface area (Å²) in [5, 5.41) is 9.62. The second kappa shape index (κ2) is 5.03. The molecule has 0 aliphatic carbocycles. The van der Waals surface area contributed by atoms with E-state index in [2.05, 4.69) is 33.9 Å². The number of hydrogen-bond donors (Lipinski definition) is 1. The molecule has 4 atom stereocenters. The van der Waals surface area contributed by atoms with Gasteiger partial charge in [-0.2, -0.15) is 0 Å². The topological polar surface area (TPSA) is 57.2 Å². The first kappa shape index (κ1) is 16.4. The molecule has 0 amide bonds. The van der Waals surface area contributed by atoms with E-state index in [1.807, 2.05) is 13.8 Å². The summed E-state index contributed by atoms with van der Waals surface area (Å²) in [7, 11) is -1.96. The highest BCUT2D eigenvalue weighted by molar-refractivity contribution is 6.74. The third-order valence-corrected chi connectivity index (χ3v) is 8.98. The first-order valence-electron chi connectivity index (χ1n) is 7.27. The van der Waals surface area contributed by atoms with Crippen molar-refractivity contribution in [3.05, 3.63) is 0 Å². The molecule has 0 bridgehead atoms. The predicted octanol–water partition coefficient (Wildman–Crippen LogP) is 2.25. The van der Waals surface area contributed by atoms with Gasteiger partial charge in [-0.05, 0) is 32.0 Å². The van der Waals surface area contributed by atoms with Crippen LogP contribution in [0.3, 0.4) is 0 Å². The fraction of sp³-hybridized carbons (Fsp3) is 1.00. The lowest BCUT2D eigenvalue weighted by atomic mass is 10.1. The molecule has 0 spiro atoms. The largest absolute Gasteiger partial charge is 0.408 e. The van der Waals surface area contributed by atoms with Crippen LogP contribution in [0.2, 0.25) is 18.1 Å². The monoisotopic (exact) mass is 304 g/mol. The van der Waals surface area contributed by atoms with Crippen molar-refractivity contribution < 1.29 is 23.7 Å². The highest BCUT2D eigenvalue weighted by Gasteiger charge is 2.57. The van der Waals surface area contributed by atoms with Crippen LogP contribution in [-0.2, 0) is 18.6 Å². The molecule has 0 aromatic rings. The van der Waals surface area contributed by atoms with Crippen LogP contribution in [0.15, 0.2) is 0 Å². The van der Waals surface area contributed by atoms with Crippen molar-refractivity contribution in [2.45, 2.75) is 83.1 Å². The van der Waals surface area contributed by atoms with E-state index in [1.165, 1.54) is 0 Å². The molecule has 0 aromatic carbocycles. The normalized spacial score (nSPS) is 37.2. The molecular weight excluding hydrogens is 276 g/mol. The van der Waals surface area contributed by atoms with Gasteiger partial charge in [0.1, 0.15) is 18.3 Å². The standard InChI is InChI=1S/C14H28O5Si/c1-13(2,3)20(6,7)19-10-9(8-15)16-12-11(10)17-14(4,5)18-12/h9-12,15H,8H2,1-7H3/t9-,10-,11-,12-/m0/s1. The Balaban J connectivity index is 2.16. The van der Waals surface area contributed by atoms with Crippen molar-refractivity contribution in [3.8, 4) is 0 Å². The van der Waals surface area contributed by atoms with Crippen LogP contribution in [0.1, 0.15) is 34.6 Å². The predicted molar refractivity (Wildman–Crippen MR) is 77.9 cm³/mol. The zero-order valence-electron chi connectivity index (χ0n) is 13.6. The summed E-state index contributed by atoms with van der Waals surface area (Å²) in [4.78, 5) is 0. The zero-order valence-corrected chi connectivity index (χ0v) is 14.6. The summed E-state index contributed by atoms with van der Waals surface area (Å²) >= 11 is 0. The van der Waals surface area contributed by atoms with Crippen molar-refractivity contribution in [2.24, 2.45) is 0 Å². The van der Waals surface area contributed by atoms with Gasteiger partial charge < -0.3 is 23.7 Å². The zero-order chi connectivity index (χ0) is 15.3. The molecule has 2 saturated heterocycles. The first-order chi connectivity index (χ1) is 8.97. The second-order valence-electron chi connectivity index (χ2n) is 7.67. The molecule has 2 aliphatic heterocycles. The Hall–Kier alpha value is 0.0169. The van der Waals surface area contributed by atoms with Crippen LogP contribution in [0, 0.1) is 0 Å². The summed E-state index contributed by atoms with van der Waals surface area (Å²) in [6, 6.07) is 0. The molecule has 2 fully saturated rings. The van der Waals surface area contributed by atoms with E-state index in [0.717, 1.165) is 0 Å². The summed E-state index contributed by atoms with van der Waals surface area (Å²) in [5.74, 6) is -0.662. The molecule has 0 unspecified atom stereocenters. The first-order valence-corrected chi connectivity index (χ1v) is 10.2. The maximum absolute atomic E-state index is 9.52. The molecule has 118 valence electrons. The number of hydrogen-bond acceptors (Lipinski definition) is 5. The van der Waals surface area contributed by atoms with Crippen LogP contribution >= 0.6 is 0 Å². The van der Waals surface area contributed by atoms with Gasteiger partial charge in [0.05, 0.1) is 6.61 Å². The van der Waals surface area contributed by atoms with Gasteiger partial charge in [0.2, 0.25) is 0 Å². The molecule has 0 radical (unpaired) electrons.